The molecule has 0 aliphatic heterocycles. The van der Waals surface area contributed by atoms with Crippen LogP contribution in [0.25, 0.3) is 6.08 Å². The summed E-state index contributed by atoms with van der Waals surface area (Å²) in [6.07, 6.45) is 6.19. The molecule has 2 aromatic rings. The molecule has 17 heavy (non-hydrogen) atoms. The third kappa shape index (κ3) is 3.28. The molecule has 0 saturated heterocycles. The van der Waals surface area contributed by atoms with Crippen LogP contribution in [0.15, 0.2) is 54.7 Å². The van der Waals surface area contributed by atoms with Gasteiger partial charge < -0.3 is 0 Å². The Balaban J connectivity index is 2.11. The van der Waals surface area contributed by atoms with Gasteiger partial charge in [0, 0.05) is 17.8 Å². The zero-order valence-electron chi connectivity index (χ0n) is 10.3. The van der Waals surface area contributed by atoms with E-state index in [1.165, 1.54) is 11.1 Å². The number of hydrogen-bond acceptors (Lipinski definition) is 1. The lowest BCUT2D eigenvalue weighted by atomic mass is 10.0. The topological polar surface area (TPSA) is 12.9 Å². The van der Waals surface area contributed by atoms with Crippen molar-refractivity contribution in [3.05, 3.63) is 71.6 Å². The first-order valence-electron chi connectivity index (χ1n) is 5.91. The van der Waals surface area contributed by atoms with E-state index in [4.69, 9.17) is 0 Å². The van der Waals surface area contributed by atoms with Gasteiger partial charge in [-0.15, -0.1) is 0 Å². The number of aryl methyl sites for hydroxylation is 1. The molecule has 2 rings (SSSR count). The number of benzene rings is 1. The maximum atomic E-state index is 4.36. The van der Waals surface area contributed by atoms with Crippen molar-refractivity contribution in [1.82, 2.24) is 4.98 Å². The van der Waals surface area contributed by atoms with Gasteiger partial charge in [0.25, 0.3) is 0 Å². The first-order chi connectivity index (χ1) is 8.25. The molecule has 1 heteroatoms. The van der Waals surface area contributed by atoms with Crippen LogP contribution in [0.5, 0.6) is 0 Å². The van der Waals surface area contributed by atoms with Crippen LogP contribution in [-0.2, 0) is 0 Å². The molecule has 0 radical (unpaired) electrons. The van der Waals surface area contributed by atoms with E-state index in [9.17, 15) is 0 Å². The van der Waals surface area contributed by atoms with E-state index in [2.05, 4.69) is 61.3 Å². The van der Waals surface area contributed by atoms with Crippen LogP contribution in [0.1, 0.15) is 29.7 Å². The van der Waals surface area contributed by atoms with Crippen molar-refractivity contribution >= 4 is 6.08 Å². The van der Waals surface area contributed by atoms with Gasteiger partial charge in [-0.2, -0.15) is 0 Å². The normalized spacial score (nSPS) is 12.8. The largest absolute Gasteiger partial charge is 0.261 e. The Morgan fingerprint density at radius 2 is 2.00 bits per heavy atom. The van der Waals surface area contributed by atoms with E-state index in [0.717, 1.165) is 5.69 Å². The van der Waals surface area contributed by atoms with E-state index in [-0.39, 0.29) is 0 Å². The Kier molecular flexibility index (Phi) is 3.71. The summed E-state index contributed by atoms with van der Waals surface area (Å²) < 4.78 is 0. The van der Waals surface area contributed by atoms with Crippen molar-refractivity contribution in [2.24, 2.45) is 0 Å². The molecule has 0 N–H and O–H groups in total. The van der Waals surface area contributed by atoms with Gasteiger partial charge in [-0.25, -0.2) is 0 Å². The fourth-order valence-corrected chi connectivity index (χ4v) is 1.77. The second kappa shape index (κ2) is 5.44. The fourth-order valence-electron chi connectivity index (χ4n) is 1.77. The van der Waals surface area contributed by atoms with Crippen LogP contribution in [0.2, 0.25) is 0 Å². The third-order valence-corrected chi connectivity index (χ3v) is 2.77. The maximum Gasteiger partial charge on any atom is 0.0469 e. The molecule has 1 unspecified atom stereocenters. The summed E-state index contributed by atoms with van der Waals surface area (Å²) in [5.74, 6) is 0.344. The Hall–Kier alpha value is -1.89. The zero-order chi connectivity index (χ0) is 12.1. The highest BCUT2D eigenvalue weighted by molar-refractivity contribution is 5.51. The Morgan fingerprint density at radius 1 is 1.12 bits per heavy atom. The molecule has 0 spiro atoms. The lowest BCUT2D eigenvalue weighted by molar-refractivity contribution is 0.911. The van der Waals surface area contributed by atoms with E-state index in [1.807, 2.05) is 18.3 Å². The van der Waals surface area contributed by atoms with Crippen LogP contribution in [0.4, 0.5) is 0 Å². The van der Waals surface area contributed by atoms with Crippen molar-refractivity contribution < 1.29 is 0 Å². The van der Waals surface area contributed by atoms with Crippen LogP contribution in [0, 0.1) is 6.92 Å². The second-order valence-corrected chi connectivity index (χ2v) is 4.32. The molecule has 1 heterocycles. The molecular formula is C16H17N. The molecule has 1 atom stereocenters. The molecule has 1 aromatic carbocycles. The van der Waals surface area contributed by atoms with E-state index >= 15 is 0 Å². The van der Waals surface area contributed by atoms with Gasteiger partial charge in [0.15, 0.2) is 0 Å². The number of aromatic nitrogens is 1. The van der Waals surface area contributed by atoms with Crippen LogP contribution >= 0.6 is 0 Å². The van der Waals surface area contributed by atoms with Crippen molar-refractivity contribution in [3.63, 3.8) is 0 Å². The minimum atomic E-state index is 0.344. The predicted octanol–water partition coefficient (Wildman–Crippen LogP) is 4.21. The first kappa shape index (κ1) is 11.6. The summed E-state index contributed by atoms with van der Waals surface area (Å²) in [7, 11) is 0. The number of nitrogens with zero attached hydrogens (tertiary/aromatic N) is 1. The lowest BCUT2D eigenvalue weighted by Crippen LogP contribution is -1.91. The van der Waals surface area contributed by atoms with Crippen molar-refractivity contribution in [1.29, 1.82) is 0 Å². The first-order valence-corrected chi connectivity index (χ1v) is 5.91. The Morgan fingerprint density at radius 3 is 2.71 bits per heavy atom. The Labute approximate surface area is 103 Å². The smallest absolute Gasteiger partial charge is 0.0469 e. The van der Waals surface area contributed by atoms with Crippen LogP contribution in [0.3, 0.4) is 0 Å². The van der Waals surface area contributed by atoms with Gasteiger partial charge in [0.2, 0.25) is 0 Å². The standard InChI is InChI=1S/C16H17N/c1-13-6-5-7-15(12-13)10-9-14(2)16-8-3-4-11-17-16/h3-12,14H,1-2H3. The van der Waals surface area contributed by atoms with Crippen LogP contribution < -0.4 is 0 Å². The van der Waals surface area contributed by atoms with Crippen molar-refractivity contribution in [2.75, 3.05) is 0 Å². The maximum absolute atomic E-state index is 4.36. The van der Waals surface area contributed by atoms with Gasteiger partial charge in [-0.3, -0.25) is 4.98 Å². The number of pyridine rings is 1. The van der Waals surface area contributed by atoms with Gasteiger partial charge in [-0.05, 0) is 24.6 Å². The summed E-state index contributed by atoms with van der Waals surface area (Å²) in [5, 5.41) is 0. The molecule has 0 bridgehead atoms. The van der Waals surface area contributed by atoms with Crippen LogP contribution in [-0.4, -0.2) is 4.98 Å². The van der Waals surface area contributed by atoms with Gasteiger partial charge in [0.1, 0.15) is 0 Å². The monoisotopic (exact) mass is 223 g/mol. The summed E-state index contributed by atoms with van der Waals surface area (Å²) in [6, 6.07) is 14.5. The minimum absolute atomic E-state index is 0.344. The average Bonchev–Trinajstić information content (AvgIpc) is 2.37. The highest BCUT2D eigenvalue weighted by Gasteiger charge is 2.00. The highest BCUT2D eigenvalue weighted by atomic mass is 14.7. The van der Waals surface area contributed by atoms with Crippen molar-refractivity contribution in [2.45, 2.75) is 19.8 Å². The lowest BCUT2D eigenvalue weighted by Gasteiger charge is -2.04. The molecule has 86 valence electrons. The van der Waals surface area contributed by atoms with Gasteiger partial charge in [-0.1, -0.05) is 55.0 Å². The predicted molar refractivity (Wildman–Crippen MR) is 72.9 cm³/mol. The van der Waals surface area contributed by atoms with E-state index in [1.54, 1.807) is 0 Å². The van der Waals surface area contributed by atoms with Gasteiger partial charge in [0.05, 0.1) is 0 Å². The fraction of sp³-hybridized carbons (Fsp3) is 0.188. The molecule has 1 aromatic heterocycles. The average molecular weight is 223 g/mol. The molecule has 0 aliphatic rings. The summed E-state index contributed by atoms with van der Waals surface area (Å²) in [5.41, 5.74) is 3.64. The Bertz CT molecular complexity index is 500. The molecule has 0 saturated carbocycles. The SMILES string of the molecule is Cc1cccc(C=CC(C)c2ccccn2)c1. The highest BCUT2D eigenvalue weighted by Crippen LogP contribution is 2.15. The molecular weight excluding hydrogens is 206 g/mol. The summed E-state index contributed by atoms with van der Waals surface area (Å²) >= 11 is 0. The molecule has 1 nitrogen and oxygen atoms in total. The second-order valence-electron chi connectivity index (χ2n) is 4.32. The third-order valence-electron chi connectivity index (χ3n) is 2.77. The summed E-state index contributed by atoms with van der Waals surface area (Å²) in [4.78, 5) is 4.36. The number of rotatable bonds is 3. The van der Waals surface area contributed by atoms with Crippen molar-refractivity contribution in [3.8, 4) is 0 Å². The molecule has 0 amide bonds. The van der Waals surface area contributed by atoms with E-state index in [0.29, 0.717) is 5.92 Å². The number of hydrogen-bond donors (Lipinski definition) is 0. The minimum Gasteiger partial charge on any atom is -0.261 e. The van der Waals surface area contributed by atoms with Gasteiger partial charge >= 0.3 is 0 Å². The molecule has 0 fully saturated rings. The zero-order valence-corrected chi connectivity index (χ0v) is 10.3. The summed E-state index contributed by atoms with van der Waals surface area (Å²) in [6.45, 7) is 4.27. The number of allylic oxidation sites excluding steroid dienone is 1. The van der Waals surface area contributed by atoms with E-state index < -0.39 is 0 Å². The molecule has 0 aliphatic carbocycles. The quantitative estimate of drug-likeness (QED) is 0.759.